The molecule has 0 aliphatic rings. The van der Waals surface area contributed by atoms with E-state index in [4.69, 9.17) is 4.74 Å². The average Bonchev–Trinajstić information content (AvgIpc) is 2.64. The predicted molar refractivity (Wildman–Crippen MR) is 110 cm³/mol. The summed E-state index contributed by atoms with van der Waals surface area (Å²) in [5.41, 5.74) is 3.62. The maximum Gasteiger partial charge on any atom is 0.306 e. The fourth-order valence-corrected chi connectivity index (χ4v) is 2.72. The van der Waals surface area contributed by atoms with Crippen LogP contribution >= 0.6 is 0 Å². The normalized spacial score (nSPS) is 10.2. The van der Waals surface area contributed by atoms with Crippen LogP contribution in [0.3, 0.4) is 0 Å². The van der Waals surface area contributed by atoms with Gasteiger partial charge in [-0.05, 0) is 56.2 Å². The van der Waals surface area contributed by atoms with Crippen LogP contribution in [0.2, 0.25) is 0 Å². The number of anilines is 2. The average molecular weight is 396 g/mol. The minimum absolute atomic E-state index is 0.0954. The van der Waals surface area contributed by atoms with Crippen molar-refractivity contribution in [3.8, 4) is 0 Å². The van der Waals surface area contributed by atoms with Gasteiger partial charge in [-0.3, -0.25) is 19.2 Å². The molecule has 0 radical (unpaired) electrons. The van der Waals surface area contributed by atoms with E-state index in [1.807, 2.05) is 32.0 Å². The zero-order valence-electron chi connectivity index (χ0n) is 16.7. The first-order chi connectivity index (χ1) is 13.7. The first kappa shape index (κ1) is 21.8. The summed E-state index contributed by atoms with van der Waals surface area (Å²) >= 11 is 0. The molecule has 0 aliphatic heterocycles. The SMILES string of the molecule is CC(=O)c1cccc(NC(=O)CCC(=O)OCC(=O)Nc2cc(C)cc(C)c2)c1. The van der Waals surface area contributed by atoms with Crippen molar-refractivity contribution in [3.63, 3.8) is 0 Å². The van der Waals surface area contributed by atoms with Crippen LogP contribution in [0.4, 0.5) is 11.4 Å². The number of Topliss-reactive ketones (excluding diaryl/α,β-unsaturated/α-hetero) is 1. The van der Waals surface area contributed by atoms with Gasteiger partial charge in [0.05, 0.1) is 6.42 Å². The van der Waals surface area contributed by atoms with Gasteiger partial charge in [-0.15, -0.1) is 0 Å². The number of hydrogen-bond donors (Lipinski definition) is 2. The highest BCUT2D eigenvalue weighted by molar-refractivity contribution is 5.97. The molecular formula is C22H24N2O5. The van der Waals surface area contributed by atoms with E-state index in [2.05, 4.69) is 10.6 Å². The first-order valence-electron chi connectivity index (χ1n) is 9.17. The molecule has 0 heterocycles. The van der Waals surface area contributed by atoms with E-state index < -0.39 is 18.5 Å². The monoisotopic (exact) mass is 396 g/mol. The highest BCUT2D eigenvalue weighted by atomic mass is 16.5. The van der Waals surface area contributed by atoms with Crippen molar-refractivity contribution in [2.24, 2.45) is 0 Å². The molecule has 2 aromatic carbocycles. The molecule has 2 rings (SSSR count). The van der Waals surface area contributed by atoms with E-state index in [1.54, 1.807) is 24.3 Å². The summed E-state index contributed by atoms with van der Waals surface area (Å²) in [5.74, 6) is -1.59. The van der Waals surface area contributed by atoms with Crippen molar-refractivity contribution in [3.05, 3.63) is 59.2 Å². The van der Waals surface area contributed by atoms with Crippen molar-refractivity contribution in [2.75, 3.05) is 17.2 Å². The Labute approximate surface area is 169 Å². The maximum atomic E-state index is 12.0. The number of aryl methyl sites for hydroxylation is 2. The molecule has 0 saturated heterocycles. The van der Waals surface area contributed by atoms with Crippen molar-refractivity contribution < 1.29 is 23.9 Å². The third-order valence-electron chi connectivity index (χ3n) is 3.98. The third-order valence-corrected chi connectivity index (χ3v) is 3.98. The quantitative estimate of drug-likeness (QED) is 0.526. The number of benzene rings is 2. The van der Waals surface area contributed by atoms with Crippen molar-refractivity contribution >= 4 is 34.9 Å². The molecule has 7 nitrogen and oxygen atoms in total. The van der Waals surface area contributed by atoms with Crippen LogP contribution in [0.5, 0.6) is 0 Å². The van der Waals surface area contributed by atoms with Gasteiger partial charge in [0.25, 0.3) is 5.91 Å². The van der Waals surface area contributed by atoms with E-state index in [0.29, 0.717) is 16.9 Å². The Balaban J connectivity index is 1.73. The highest BCUT2D eigenvalue weighted by Gasteiger charge is 2.12. The maximum absolute atomic E-state index is 12.0. The fourth-order valence-electron chi connectivity index (χ4n) is 2.72. The molecule has 0 saturated carbocycles. The van der Waals surface area contributed by atoms with Gasteiger partial charge in [-0.1, -0.05) is 18.2 Å². The van der Waals surface area contributed by atoms with E-state index in [-0.39, 0.29) is 24.5 Å². The second-order valence-corrected chi connectivity index (χ2v) is 6.77. The Kier molecular flexibility index (Phi) is 7.65. The van der Waals surface area contributed by atoms with Crippen LogP contribution in [0.25, 0.3) is 0 Å². The molecule has 0 bridgehead atoms. The lowest BCUT2D eigenvalue weighted by Gasteiger charge is -2.09. The minimum atomic E-state index is -0.645. The lowest BCUT2D eigenvalue weighted by Crippen LogP contribution is -2.22. The molecule has 2 N–H and O–H groups in total. The van der Waals surface area contributed by atoms with Crippen molar-refractivity contribution in [2.45, 2.75) is 33.6 Å². The van der Waals surface area contributed by atoms with E-state index >= 15 is 0 Å². The Hall–Kier alpha value is -3.48. The molecule has 0 aromatic heterocycles. The largest absolute Gasteiger partial charge is 0.456 e. The molecule has 2 amide bonds. The van der Waals surface area contributed by atoms with Crippen LogP contribution in [0.1, 0.15) is 41.3 Å². The second-order valence-electron chi connectivity index (χ2n) is 6.77. The Morgan fingerprint density at radius 1 is 0.828 bits per heavy atom. The van der Waals surface area contributed by atoms with E-state index in [9.17, 15) is 19.2 Å². The van der Waals surface area contributed by atoms with E-state index in [0.717, 1.165) is 11.1 Å². The fraction of sp³-hybridized carbons (Fsp3) is 0.273. The smallest absolute Gasteiger partial charge is 0.306 e. The van der Waals surface area contributed by atoms with Crippen LogP contribution in [-0.2, 0) is 19.1 Å². The third kappa shape index (κ3) is 7.57. The number of esters is 1. The van der Waals surface area contributed by atoms with Crippen LogP contribution in [0.15, 0.2) is 42.5 Å². The van der Waals surface area contributed by atoms with E-state index in [1.165, 1.54) is 6.92 Å². The Bertz CT molecular complexity index is 916. The molecule has 152 valence electrons. The number of carbonyl (C=O) groups is 4. The minimum Gasteiger partial charge on any atom is -0.456 e. The van der Waals surface area contributed by atoms with Crippen molar-refractivity contribution in [1.82, 2.24) is 0 Å². The standard InChI is InChI=1S/C22H24N2O5/c1-14-9-15(2)11-19(10-14)24-21(27)13-29-22(28)8-7-20(26)23-18-6-4-5-17(12-18)16(3)25/h4-6,9-12H,7-8,13H2,1-3H3,(H,23,26)(H,24,27). The molecule has 29 heavy (non-hydrogen) atoms. The molecule has 0 atom stereocenters. The van der Waals surface area contributed by atoms with Crippen LogP contribution < -0.4 is 10.6 Å². The Morgan fingerprint density at radius 3 is 2.14 bits per heavy atom. The number of ketones is 1. The zero-order chi connectivity index (χ0) is 21.4. The van der Waals surface area contributed by atoms with Gasteiger partial charge in [0.1, 0.15) is 0 Å². The molecular weight excluding hydrogens is 372 g/mol. The van der Waals surface area contributed by atoms with Gasteiger partial charge in [0.2, 0.25) is 5.91 Å². The lowest BCUT2D eigenvalue weighted by atomic mass is 10.1. The molecule has 0 aliphatic carbocycles. The summed E-state index contributed by atoms with van der Waals surface area (Å²) in [6, 6.07) is 12.1. The van der Waals surface area contributed by atoms with Crippen LogP contribution in [0, 0.1) is 13.8 Å². The summed E-state index contributed by atoms with van der Waals surface area (Å²) in [6.07, 6.45) is -0.253. The molecule has 2 aromatic rings. The summed E-state index contributed by atoms with van der Waals surface area (Å²) in [5, 5.41) is 5.29. The second kappa shape index (κ2) is 10.2. The topological polar surface area (TPSA) is 102 Å². The van der Waals surface area contributed by atoms with Gasteiger partial charge < -0.3 is 15.4 Å². The van der Waals surface area contributed by atoms with Crippen LogP contribution in [-0.4, -0.2) is 30.2 Å². The lowest BCUT2D eigenvalue weighted by molar-refractivity contribution is -0.147. The zero-order valence-corrected chi connectivity index (χ0v) is 16.7. The highest BCUT2D eigenvalue weighted by Crippen LogP contribution is 2.14. The molecule has 0 fully saturated rings. The predicted octanol–water partition coefficient (Wildman–Crippen LogP) is 3.41. The summed E-state index contributed by atoms with van der Waals surface area (Å²) in [6.45, 7) is 4.86. The molecule has 7 heteroatoms. The van der Waals surface area contributed by atoms with Crippen molar-refractivity contribution in [1.29, 1.82) is 0 Å². The molecule has 0 unspecified atom stereocenters. The number of carbonyl (C=O) groups excluding carboxylic acids is 4. The van der Waals surface area contributed by atoms with Gasteiger partial charge >= 0.3 is 5.97 Å². The number of rotatable bonds is 8. The number of nitrogens with one attached hydrogen (secondary N) is 2. The first-order valence-corrected chi connectivity index (χ1v) is 9.17. The van der Waals surface area contributed by atoms with Gasteiger partial charge in [-0.2, -0.15) is 0 Å². The number of hydrogen-bond acceptors (Lipinski definition) is 5. The summed E-state index contributed by atoms with van der Waals surface area (Å²) in [7, 11) is 0. The summed E-state index contributed by atoms with van der Waals surface area (Å²) in [4.78, 5) is 47.0. The van der Waals surface area contributed by atoms with Gasteiger partial charge in [-0.25, -0.2) is 0 Å². The molecule has 0 spiro atoms. The number of amides is 2. The van der Waals surface area contributed by atoms with Gasteiger partial charge in [0, 0.05) is 23.4 Å². The number of ether oxygens (including phenoxy) is 1. The summed E-state index contributed by atoms with van der Waals surface area (Å²) < 4.78 is 4.91. The Morgan fingerprint density at radius 2 is 1.48 bits per heavy atom. The van der Waals surface area contributed by atoms with Gasteiger partial charge in [0.15, 0.2) is 12.4 Å².